The topological polar surface area (TPSA) is 130 Å². The fraction of sp³-hybridized carbons (Fsp3) is 0.283. The second-order valence-corrected chi connectivity index (χ2v) is 23.3. The van der Waals surface area contributed by atoms with E-state index in [0.717, 1.165) is 126 Å². The lowest BCUT2D eigenvalue weighted by molar-refractivity contribution is 0.101. The van der Waals surface area contributed by atoms with Gasteiger partial charge in [0.25, 0.3) is 0 Å². The van der Waals surface area contributed by atoms with Crippen LogP contribution in [0.3, 0.4) is 0 Å². The van der Waals surface area contributed by atoms with Crippen LogP contribution in [0.15, 0.2) is 109 Å². The highest BCUT2D eigenvalue weighted by molar-refractivity contribution is 9.11. The van der Waals surface area contributed by atoms with Crippen LogP contribution in [0.1, 0.15) is 51.3 Å². The number of piperazine rings is 2. The second-order valence-electron chi connectivity index (χ2n) is 19.9. The second kappa shape index (κ2) is 29.7. The Morgan fingerprint density at radius 1 is 0.518 bits per heavy atom. The molecule has 85 heavy (non-hydrogen) atoms. The minimum atomic E-state index is -0.830. The molecule has 4 aromatic heterocycles. The molecular formula is C60H60Br4F8N12O. The molecule has 2 aliphatic rings. The number of H-pyrrole nitrogens is 1. The van der Waals surface area contributed by atoms with Gasteiger partial charge in [0.05, 0.1) is 75.0 Å². The van der Waals surface area contributed by atoms with Gasteiger partial charge in [-0.05, 0) is 165 Å². The third-order valence-electron chi connectivity index (χ3n) is 13.6. The molecule has 6 aromatic carbocycles. The molecule has 6 heterocycles. The Morgan fingerprint density at radius 2 is 1.02 bits per heavy atom. The number of rotatable bonds is 5. The lowest BCUT2D eigenvalue weighted by Gasteiger charge is -2.30. The van der Waals surface area contributed by atoms with Gasteiger partial charge in [-0.1, -0.05) is 6.07 Å². The highest BCUT2D eigenvalue weighted by Gasteiger charge is 2.19. The minimum Gasteiger partial charge on any atom is -0.367 e. The summed E-state index contributed by atoms with van der Waals surface area (Å²) in [7, 11) is 3.65. The van der Waals surface area contributed by atoms with Gasteiger partial charge >= 0.3 is 0 Å². The van der Waals surface area contributed by atoms with Crippen molar-refractivity contribution in [3.8, 4) is 0 Å². The van der Waals surface area contributed by atoms with Crippen LogP contribution in [0.5, 0.6) is 0 Å². The number of nitrogens with zero attached hydrogens (tertiary/aromatic N) is 9. The first-order valence-corrected chi connectivity index (χ1v) is 29.6. The number of aromatic amines is 1. The van der Waals surface area contributed by atoms with E-state index in [2.05, 4.69) is 116 Å². The fourth-order valence-corrected chi connectivity index (χ4v) is 10.5. The molecular weight excluding hydrogens is 1380 g/mol. The normalized spacial score (nSPS) is 13.0. The Balaban J connectivity index is 0.000000149. The monoisotopic (exact) mass is 1430 g/mol. The number of hydrogen-bond donors (Lipinski definition) is 3. The van der Waals surface area contributed by atoms with Gasteiger partial charge in [0.1, 0.15) is 46.5 Å². The summed E-state index contributed by atoms with van der Waals surface area (Å²) in [6, 6.07) is 22.5. The zero-order valence-corrected chi connectivity index (χ0v) is 53.8. The first-order chi connectivity index (χ1) is 40.3. The van der Waals surface area contributed by atoms with Crippen LogP contribution >= 0.6 is 63.7 Å². The maximum atomic E-state index is 14.2. The number of aryl methyl sites for hydroxylation is 7. The number of carbonyl (C=O) groups is 1. The summed E-state index contributed by atoms with van der Waals surface area (Å²) < 4.78 is 111. The van der Waals surface area contributed by atoms with Crippen molar-refractivity contribution in [3.05, 3.63) is 195 Å². The standard InChI is InChI=1S/C16H21FN4.C13H17FN4.C9H8BrFN2.C8H5BrF2O.C8H6BrFN2.C6H3BrF2/c1-12-9-13(2)21(19-12)11-14-3-4-15(17)16(10-14)20-7-5-18-6-8-20;1-9-10-7-13(18-5-3-15-4-6-18)11(14)8-12(10)17(2)16-9;1-5-6-3-7(10)8(11)4-9(6)13(2)12-5;1-4(12)5-2-6(9)8(11)3-7(5)10;1-4-5-2-6(9)7(10)3-8(5)12-11-4;7-5-2-1-4(8)3-6(5)9/h3-4,9-10,18H,5-8,11H2,1-2H3;7-8,15H,3-6H2,1-2H3;3-4H,1-2H3;2-3H,1H3;2-3H,1H3,(H,11,12);1-3H. The number of benzene rings is 6. The first kappa shape index (κ1) is 66.0. The average Bonchev–Trinajstić information content (AvgIpc) is 4.26. The Bertz CT molecular complexity index is 3950. The van der Waals surface area contributed by atoms with Crippen molar-refractivity contribution in [1.82, 2.24) is 50.2 Å². The maximum absolute atomic E-state index is 14.2. The number of nitrogens with one attached hydrogen (secondary N) is 3. The van der Waals surface area contributed by atoms with Crippen molar-refractivity contribution < 1.29 is 39.9 Å². The van der Waals surface area contributed by atoms with Crippen molar-refractivity contribution in [1.29, 1.82) is 0 Å². The van der Waals surface area contributed by atoms with Crippen LogP contribution < -0.4 is 20.4 Å². The van der Waals surface area contributed by atoms with E-state index >= 15 is 0 Å². The minimum absolute atomic E-state index is 0.0918. The molecule has 12 rings (SSSR count). The van der Waals surface area contributed by atoms with Gasteiger partial charge in [0.2, 0.25) is 0 Å². The quantitative estimate of drug-likeness (QED) is 0.0876. The number of aromatic nitrogens is 8. The van der Waals surface area contributed by atoms with Gasteiger partial charge in [-0.2, -0.15) is 20.4 Å². The molecule has 450 valence electrons. The number of Topliss-reactive ketones (excluding diaryl/α,β-unsaturated/α-hetero) is 1. The molecule has 0 saturated carbocycles. The van der Waals surface area contributed by atoms with E-state index in [0.29, 0.717) is 38.4 Å². The SMILES string of the molecule is CC(=O)c1cc(Br)c(F)cc1F.Cc1[nH]nc2cc(F)c(Br)cc12.Cc1cc(C)n(Cc2ccc(F)c(N3CCNCC3)c2)n1.Cc1nn(C)c2cc(F)c(Br)cc12.Cc1nn(C)c2cc(F)c(N3CCNCC3)cc12.Fc1ccc(Br)c(F)c1. The molecule has 13 nitrogen and oxygen atoms in total. The van der Waals surface area contributed by atoms with Crippen molar-refractivity contribution in [2.75, 3.05) is 62.2 Å². The van der Waals surface area contributed by atoms with Crippen LogP contribution in [0, 0.1) is 81.2 Å². The molecule has 10 aromatic rings. The number of carbonyl (C=O) groups excluding carboxylic acids is 1. The third-order valence-corrected chi connectivity index (χ3v) is 16.1. The maximum Gasteiger partial charge on any atom is 0.162 e. The molecule has 0 unspecified atom stereocenters. The molecule has 3 N–H and O–H groups in total. The molecule has 0 atom stereocenters. The molecule has 0 aliphatic carbocycles. The molecule has 2 fully saturated rings. The molecule has 0 radical (unpaired) electrons. The van der Waals surface area contributed by atoms with Gasteiger partial charge in [0.15, 0.2) is 5.78 Å². The summed E-state index contributed by atoms with van der Waals surface area (Å²) in [5.41, 5.74) is 9.65. The van der Waals surface area contributed by atoms with Gasteiger partial charge in [-0.3, -0.25) is 23.9 Å². The molecule has 0 spiro atoms. The summed E-state index contributed by atoms with van der Waals surface area (Å²) in [5.74, 6) is -3.94. The van der Waals surface area contributed by atoms with Crippen LogP contribution in [0.2, 0.25) is 0 Å². The van der Waals surface area contributed by atoms with Crippen LogP contribution in [-0.4, -0.2) is 97.7 Å². The van der Waals surface area contributed by atoms with Crippen LogP contribution in [0.4, 0.5) is 46.5 Å². The summed E-state index contributed by atoms with van der Waals surface area (Å²) in [6.07, 6.45) is 0. The van der Waals surface area contributed by atoms with E-state index in [1.807, 2.05) is 71.6 Å². The molecule has 0 bridgehead atoms. The van der Waals surface area contributed by atoms with Gasteiger partial charge in [-0.15, -0.1) is 0 Å². The van der Waals surface area contributed by atoms with E-state index in [1.54, 1.807) is 33.6 Å². The highest BCUT2D eigenvalue weighted by atomic mass is 79.9. The van der Waals surface area contributed by atoms with Gasteiger partial charge < -0.3 is 20.4 Å². The van der Waals surface area contributed by atoms with Crippen LogP contribution in [0.25, 0.3) is 32.7 Å². The molecule has 2 saturated heterocycles. The number of hydrogen-bond acceptors (Lipinski definition) is 9. The van der Waals surface area contributed by atoms with E-state index in [9.17, 15) is 39.9 Å². The smallest absolute Gasteiger partial charge is 0.162 e. The van der Waals surface area contributed by atoms with Gasteiger partial charge in [-0.25, -0.2) is 35.1 Å². The molecule has 25 heteroatoms. The summed E-state index contributed by atoms with van der Waals surface area (Å²) >= 11 is 12.0. The lowest BCUT2D eigenvalue weighted by atomic mass is 10.1. The fourth-order valence-electron chi connectivity index (χ4n) is 9.23. The van der Waals surface area contributed by atoms with Crippen molar-refractivity contribution >= 4 is 114 Å². The van der Waals surface area contributed by atoms with E-state index in [4.69, 9.17) is 0 Å². The lowest BCUT2D eigenvalue weighted by Crippen LogP contribution is -2.43. The largest absolute Gasteiger partial charge is 0.367 e. The van der Waals surface area contributed by atoms with Crippen molar-refractivity contribution in [2.45, 2.75) is 48.1 Å². The Kier molecular flexibility index (Phi) is 23.1. The summed E-state index contributed by atoms with van der Waals surface area (Å²) in [6.45, 7) is 18.7. The number of fused-ring (bicyclic) bond motifs is 3. The molecule has 0 amide bonds. The van der Waals surface area contributed by atoms with E-state index in [-0.39, 0.29) is 37.8 Å². The number of ketones is 1. The average molecular weight is 1440 g/mol. The zero-order chi connectivity index (χ0) is 62.0. The van der Waals surface area contributed by atoms with E-state index < -0.39 is 29.1 Å². The molecule has 2 aliphatic heterocycles. The summed E-state index contributed by atoms with van der Waals surface area (Å²) in [4.78, 5) is 14.9. The number of anilines is 2. The summed E-state index contributed by atoms with van der Waals surface area (Å²) in [5, 5.41) is 29.3. The Labute approximate surface area is 519 Å². The van der Waals surface area contributed by atoms with Crippen molar-refractivity contribution in [2.24, 2.45) is 14.1 Å². The Morgan fingerprint density at radius 3 is 1.56 bits per heavy atom. The Hall–Kier alpha value is -6.51. The first-order valence-electron chi connectivity index (χ1n) is 26.5. The predicted molar refractivity (Wildman–Crippen MR) is 332 cm³/mol. The van der Waals surface area contributed by atoms with Crippen LogP contribution in [-0.2, 0) is 20.6 Å². The van der Waals surface area contributed by atoms with Gasteiger partial charge in [0, 0.05) is 124 Å². The zero-order valence-electron chi connectivity index (χ0n) is 47.5. The predicted octanol–water partition coefficient (Wildman–Crippen LogP) is 14.7. The highest BCUT2D eigenvalue weighted by Crippen LogP contribution is 2.30. The van der Waals surface area contributed by atoms with Crippen molar-refractivity contribution in [3.63, 3.8) is 0 Å². The van der Waals surface area contributed by atoms with E-state index in [1.165, 1.54) is 31.2 Å². The third kappa shape index (κ3) is 17.1. The number of halogens is 12.